The molecule has 1 aliphatic carbocycles. The maximum Gasteiger partial charge on any atom is 0.0697 e. The Labute approximate surface area is 118 Å². The minimum Gasteiger partial charge on any atom is -0.375 e. The molecule has 19 heavy (non-hydrogen) atoms. The summed E-state index contributed by atoms with van der Waals surface area (Å²) in [5, 5.41) is 3.88. The molecule has 2 atom stereocenters. The zero-order chi connectivity index (χ0) is 13.1. The van der Waals surface area contributed by atoms with Gasteiger partial charge in [-0.15, -0.1) is 0 Å². The van der Waals surface area contributed by atoms with E-state index in [9.17, 15) is 0 Å². The van der Waals surface area contributed by atoms with Crippen molar-refractivity contribution in [2.75, 3.05) is 26.2 Å². The predicted molar refractivity (Wildman–Crippen MR) is 78.4 cm³/mol. The summed E-state index contributed by atoms with van der Waals surface area (Å²) >= 11 is 0. The average Bonchev–Trinajstić information content (AvgIpc) is 3.02. The number of rotatable bonds is 4. The second kappa shape index (κ2) is 6.11. The summed E-state index contributed by atoms with van der Waals surface area (Å²) in [6.07, 6.45) is 10.6. The molecule has 1 spiro atoms. The third-order valence-electron chi connectivity index (χ3n) is 5.26. The Morgan fingerprint density at radius 2 is 1.95 bits per heavy atom. The molecule has 0 amide bonds. The van der Waals surface area contributed by atoms with Gasteiger partial charge in [0.2, 0.25) is 0 Å². The van der Waals surface area contributed by atoms with Crippen molar-refractivity contribution in [1.29, 1.82) is 0 Å². The fourth-order valence-corrected chi connectivity index (χ4v) is 4.35. The van der Waals surface area contributed by atoms with Gasteiger partial charge in [0.25, 0.3) is 0 Å². The van der Waals surface area contributed by atoms with Crippen molar-refractivity contribution in [3.63, 3.8) is 0 Å². The Morgan fingerprint density at radius 1 is 1.21 bits per heavy atom. The first kappa shape index (κ1) is 13.8. The van der Waals surface area contributed by atoms with E-state index >= 15 is 0 Å². The molecule has 1 N–H and O–H groups in total. The van der Waals surface area contributed by atoms with Crippen LogP contribution in [-0.2, 0) is 4.74 Å². The van der Waals surface area contributed by atoms with Crippen LogP contribution in [-0.4, -0.2) is 48.8 Å². The van der Waals surface area contributed by atoms with Crippen LogP contribution in [0, 0.1) is 0 Å². The van der Waals surface area contributed by atoms with Crippen molar-refractivity contribution in [2.24, 2.45) is 0 Å². The monoisotopic (exact) mass is 266 g/mol. The minimum absolute atomic E-state index is 0.253. The van der Waals surface area contributed by atoms with Crippen LogP contribution in [0.15, 0.2) is 0 Å². The standard InChI is InChI=1S/C16H30N2O/c1-14(13-18-9-4-5-10-18)17-15-6-11-19-16(12-15)7-2-3-8-16/h14-15,17H,2-13H2,1H3. The molecule has 2 saturated heterocycles. The lowest BCUT2D eigenvalue weighted by Crippen LogP contribution is -2.50. The van der Waals surface area contributed by atoms with Crippen molar-refractivity contribution >= 4 is 0 Å². The summed E-state index contributed by atoms with van der Waals surface area (Å²) in [6, 6.07) is 1.31. The maximum atomic E-state index is 6.12. The minimum atomic E-state index is 0.253. The quantitative estimate of drug-likeness (QED) is 0.846. The van der Waals surface area contributed by atoms with Crippen molar-refractivity contribution < 1.29 is 4.74 Å². The molecular weight excluding hydrogens is 236 g/mol. The van der Waals surface area contributed by atoms with E-state index in [1.807, 2.05) is 0 Å². The first-order chi connectivity index (χ1) is 9.26. The zero-order valence-electron chi connectivity index (χ0n) is 12.5. The lowest BCUT2D eigenvalue weighted by Gasteiger charge is -2.40. The van der Waals surface area contributed by atoms with E-state index in [-0.39, 0.29) is 5.60 Å². The molecule has 2 aliphatic heterocycles. The highest BCUT2D eigenvalue weighted by Gasteiger charge is 2.40. The number of hydrogen-bond donors (Lipinski definition) is 1. The number of nitrogens with one attached hydrogen (secondary N) is 1. The SMILES string of the molecule is CC(CN1CCCC1)NC1CCOC2(CCCC2)C1. The molecule has 3 aliphatic rings. The van der Waals surface area contributed by atoms with Gasteiger partial charge in [-0.05, 0) is 58.5 Å². The van der Waals surface area contributed by atoms with Crippen molar-refractivity contribution in [1.82, 2.24) is 10.2 Å². The molecule has 0 radical (unpaired) electrons. The highest BCUT2D eigenvalue weighted by molar-refractivity contribution is 4.94. The number of ether oxygens (including phenoxy) is 1. The van der Waals surface area contributed by atoms with Gasteiger partial charge in [0.1, 0.15) is 0 Å². The Morgan fingerprint density at radius 3 is 2.68 bits per heavy atom. The van der Waals surface area contributed by atoms with Gasteiger partial charge in [-0.25, -0.2) is 0 Å². The predicted octanol–water partition coefficient (Wildman–Crippen LogP) is 2.55. The summed E-state index contributed by atoms with van der Waals surface area (Å²) in [7, 11) is 0. The molecule has 3 heteroatoms. The van der Waals surface area contributed by atoms with Gasteiger partial charge in [0.05, 0.1) is 5.60 Å². The molecule has 2 unspecified atom stereocenters. The Hall–Kier alpha value is -0.120. The first-order valence-corrected chi connectivity index (χ1v) is 8.38. The number of nitrogens with zero attached hydrogens (tertiary/aromatic N) is 1. The summed E-state index contributed by atoms with van der Waals surface area (Å²) < 4.78 is 6.12. The fourth-order valence-electron chi connectivity index (χ4n) is 4.35. The van der Waals surface area contributed by atoms with Gasteiger partial charge < -0.3 is 15.0 Å². The van der Waals surface area contributed by atoms with E-state index in [0.29, 0.717) is 12.1 Å². The van der Waals surface area contributed by atoms with Crippen LogP contribution in [0.25, 0.3) is 0 Å². The van der Waals surface area contributed by atoms with Crippen molar-refractivity contribution in [2.45, 2.75) is 76.0 Å². The van der Waals surface area contributed by atoms with Crippen LogP contribution in [0.3, 0.4) is 0 Å². The summed E-state index contributed by atoms with van der Waals surface area (Å²) in [6.45, 7) is 7.17. The second-order valence-corrected chi connectivity index (χ2v) is 7.00. The molecule has 0 aromatic rings. The van der Waals surface area contributed by atoms with E-state index in [0.717, 1.165) is 6.61 Å². The lowest BCUT2D eigenvalue weighted by molar-refractivity contribution is -0.0847. The van der Waals surface area contributed by atoms with E-state index < -0.39 is 0 Å². The molecule has 0 aromatic heterocycles. The molecule has 0 bridgehead atoms. The molecular formula is C16H30N2O. The Kier molecular flexibility index (Phi) is 4.45. The van der Waals surface area contributed by atoms with Crippen LogP contribution in [0.5, 0.6) is 0 Å². The highest BCUT2D eigenvalue weighted by Crippen LogP contribution is 2.40. The normalized spacial score (nSPS) is 33.0. The van der Waals surface area contributed by atoms with Gasteiger partial charge in [-0.1, -0.05) is 12.8 Å². The number of likely N-dealkylation sites (tertiary alicyclic amines) is 1. The topological polar surface area (TPSA) is 24.5 Å². The fraction of sp³-hybridized carbons (Fsp3) is 1.00. The highest BCUT2D eigenvalue weighted by atomic mass is 16.5. The van der Waals surface area contributed by atoms with Crippen LogP contribution in [0.4, 0.5) is 0 Å². The van der Waals surface area contributed by atoms with Crippen LogP contribution in [0.2, 0.25) is 0 Å². The molecule has 1 saturated carbocycles. The molecule has 3 fully saturated rings. The lowest BCUT2D eigenvalue weighted by atomic mass is 9.88. The van der Waals surface area contributed by atoms with Crippen molar-refractivity contribution in [3.8, 4) is 0 Å². The molecule has 3 nitrogen and oxygen atoms in total. The summed E-state index contributed by atoms with van der Waals surface area (Å²) in [5.74, 6) is 0. The smallest absolute Gasteiger partial charge is 0.0697 e. The van der Waals surface area contributed by atoms with E-state index in [4.69, 9.17) is 4.74 Å². The van der Waals surface area contributed by atoms with Crippen LogP contribution >= 0.6 is 0 Å². The summed E-state index contributed by atoms with van der Waals surface area (Å²) in [5.41, 5.74) is 0.253. The third kappa shape index (κ3) is 3.50. The van der Waals surface area contributed by atoms with Crippen LogP contribution < -0.4 is 5.32 Å². The maximum absolute atomic E-state index is 6.12. The zero-order valence-corrected chi connectivity index (χ0v) is 12.5. The Bertz CT molecular complexity index is 282. The third-order valence-corrected chi connectivity index (χ3v) is 5.26. The van der Waals surface area contributed by atoms with E-state index in [2.05, 4.69) is 17.1 Å². The van der Waals surface area contributed by atoms with Gasteiger partial charge in [-0.3, -0.25) is 0 Å². The summed E-state index contributed by atoms with van der Waals surface area (Å²) in [4.78, 5) is 2.61. The first-order valence-electron chi connectivity index (χ1n) is 8.38. The largest absolute Gasteiger partial charge is 0.375 e. The van der Waals surface area contributed by atoms with E-state index in [1.165, 1.54) is 71.0 Å². The molecule has 2 heterocycles. The molecule has 110 valence electrons. The van der Waals surface area contributed by atoms with Crippen molar-refractivity contribution in [3.05, 3.63) is 0 Å². The van der Waals surface area contributed by atoms with Gasteiger partial charge in [0, 0.05) is 25.2 Å². The van der Waals surface area contributed by atoms with Gasteiger partial charge in [-0.2, -0.15) is 0 Å². The Balaban J connectivity index is 1.45. The molecule has 3 rings (SSSR count). The van der Waals surface area contributed by atoms with Gasteiger partial charge >= 0.3 is 0 Å². The second-order valence-electron chi connectivity index (χ2n) is 7.00. The molecule has 0 aromatic carbocycles. The number of hydrogen-bond acceptors (Lipinski definition) is 3. The average molecular weight is 266 g/mol. The van der Waals surface area contributed by atoms with Crippen LogP contribution in [0.1, 0.15) is 58.3 Å². The van der Waals surface area contributed by atoms with Gasteiger partial charge in [0.15, 0.2) is 0 Å². The van der Waals surface area contributed by atoms with E-state index in [1.54, 1.807) is 0 Å².